The predicted octanol–water partition coefficient (Wildman–Crippen LogP) is 2.80. The Bertz CT molecular complexity index is 418. The summed E-state index contributed by atoms with van der Waals surface area (Å²) in [6, 6.07) is 0.242. The molecule has 1 amide bonds. The first-order chi connectivity index (χ1) is 8.61. The number of amides is 1. The Kier molecular flexibility index (Phi) is 4.35. The smallest absolute Gasteiger partial charge is 0.229 e. The Morgan fingerprint density at radius 1 is 1.67 bits per heavy atom. The van der Waals surface area contributed by atoms with Crippen molar-refractivity contribution in [2.75, 3.05) is 11.9 Å². The fourth-order valence-electron chi connectivity index (χ4n) is 1.89. The van der Waals surface area contributed by atoms with E-state index in [0.29, 0.717) is 5.92 Å². The SMILES string of the molecule is CCCNC(C)c1csc(NC(=O)C2CC2C)n1. The highest BCUT2D eigenvalue weighted by atomic mass is 32.1. The molecule has 18 heavy (non-hydrogen) atoms. The van der Waals surface area contributed by atoms with E-state index >= 15 is 0 Å². The topological polar surface area (TPSA) is 54.0 Å². The molecule has 5 heteroatoms. The average molecular weight is 267 g/mol. The van der Waals surface area contributed by atoms with Gasteiger partial charge in [-0.3, -0.25) is 4.79 Å². The molecular weight excluding hydrogens is 246 g/mol. The number of anilines is 1. The normalized spacial score (nSPS) is 23.7. The molecule has 3 atom stereocenters. The second-order valence-corrected chi connectivity index (χ2v) is 5.92. The molecule has 1 aliphatic rings. The monoisotopic (exact) mass is 267 g/mol. The fraction of sp³-hybridized carbons (Fsp3) is 0.692. The predicted molar refractivity (Wildman–Crippen MR) is 74.7 cm³/mol. The largest absolute Gasteiger partial charge is 0.309 e. The van der Waals surface area contributed by atoms with Gasteiger partial charge in [0.1, 0.15) is 0 Å². The van der Waals surface area contributed by atoms with E-state index in [9.17, 15) is 4.79 Å². The van der Waals surface area contributed by atoms with E-state index in [-0.39, 0.29) is 17.9 Å². The van der Waals surface area contributed by atoms with Gasteiger partial charge in [-0.05, 0) is 32.2 Å². The number of carbonyl (C=O) groups is 1. The van der Waals surface area contributed by atoms with Gasteiger partial charge in [-0.1, -0.05) is 13.8 Å². The lowest BCUT2D eigenvalue weighted by molar-refractivity contribution is -0.117. The minimum absolute atomic E-state index is 0.123. The van der Waals surface area contributed by atoms with Crippen LogP contribution in [0.4, 0.5) is 5.13 Å². The quantitative estimate of drug-likeness (QED) is 0.833. The lowest BCUT2D eigenvalue weighted by atomic mass is 10.2. The molecule has 1 saturated carbocycles. The Hall–Kier alpha value is -0.940. The molecule has 2 rings (SSSR count). The van der Waals surface area contributed by atoms with Gasteiger partial charge in [0.2, 0.25) is 5.91 Å². The van der Waals surface area contributed by atoms with Crippen molar-refractivity contribution in [3.8, 4) is 0 Å². The summed E-state index contributed by atoms with van der Waals surface area (Å²) in [4.78, 5) is 16.2. The Morgan fingerprint density at radius 3 is 3.00 bits per heavy atom. The minimum atomic E-state index is 0.123. The van der Waals surface area contributed by atoms with Gasteiger partial charge in [-0.2, -0.15) is 0 Å². The highest BCUT2D eigenvalue weighted by molar-refractivity contribution is 7.13. The summed E-state index contributed by atoms with van der Waals surface area (Å²) in [5.41, 5.74) is 1.01. The molecule has 0 aromatic carbocycles. The number of nitrogens with one attached hydrogen (secondary N) is 2. The molecule has 4 nitrogen and oxygen atoms in total. The van der Waals surface area contributed by atoms with Gasteiger partial charge in [-0.25, -0.2) is 4.98 Å². The van der Waals surface area contributed by atoms with Crippen molar-refractivity contribution in [2.24, 2.45) is 11.8 Å². The molecule has 1 heterocycles. The fourth-order valence-corrected chi connectivity index (χ4v) is 2.70. The van der Waals surface area contributed by atoms with Crippen molar-refractivity contribution in [3.63, 3.8) is 0 Å². The van der Waals surface area contributed by atoms with E-state index in [1.165, 1.54) is 11.3 Å². The second kappa shape index (κ2) is 5.80. The van der Waals surface area contributed by atoms with Gasteiger partial charge in [0.05, 0.1) is 5.69 Å². The number of carbonyl (C=O) groups excluding carboxylic acids is 1. The molecule has 2 N–H and O–H groups in total. The first-order valence-corrected chi connectivity index (χ1v) is 7.49. The molecule has 1 aromatic heterocycles. The number of thiazole rings is 1. The molecule has 0 saturated heterocycles. The summed E-state index contributed by atoms with van der Waals surface area (Å²) in [5, 5.41) is 9.03. The number of hydrogen-bond donors (Lipinski definition) is 2. The van der Waals surface area contributed by atoms with Gasteiger partial charge < -0.3 is 10.6 Å². The Morgan fingerprint density at radius 2 is 2.39 bits per heavy atom. The molecule has 100 valence electrons. The van der Waals surface area contributed by atoms with Crippen molar-refractivity contribution in [2.45, 2.75) is 39.7 Å². The third-order valence-electron chi connectivity index (χ3n) is 3.34. The lowest BCUT2D eigenvalue weighted by Crippen LogP contribution is -2.20. The van der Waals surface area contributed by atoms with E-state index in [1.807, 2.05) is 5.38 Å². The Balaban J connectivity index is 1.87. The highest BCUT2D eigenvalue weighted by Crippen LogP contribution is 2.38. The zero-order chi connectivity index (χ0) is 13.1. The minimum Gasteiger partial charge on any atom is -0.309 e. The van der Waals surface area contributed by atoms with E-state index in [1.54, 1.807) is 0 Å². The van der Waals surface area contributed by atoms with Crippen LogP contribution in [-0.2, 0) is 4.79 Å². The summed E-state index contributed by atoms with van der Waals surface area (Å²) < 4.78 is 0. The van der Waals surface area contributed by atoms with Crippen LogP contribution in [-0.4, -0.2) is 17.4 Å². The van der Waals surface area contributed by atoms with Crippen LogP contribution >= 0.6 is 11.3 Å². The third kappa shape index (κ3) is 3.29. The number of rotatable bonds is 6. The molecule has 0 spiro atoms. The van der Waals surface area contributed by atoms with E-state index in [0.717, 1.165) is 30.2 Å². The molecule has 0 bridgehead atoms. The van der Waals surface area contributed by atoms with Crippen LogP contribution in [0.5, 0.6) is 0 Å². The molecule has 1 aromatic rings. The zero-order valence-electron chi connectivity index (χ0n) is 11.2. The highest BCUT2D eigenvalue weighted by Gasteiger charge is 2.39. The lowest BCUT2D eigenvalue weighted by Gasteiger charge is -2.09. The van der Waals surface area contributed by atoms with Crippen molar-refractivity contribution >= 4 is 22.4 Å². The van der Waals surface area contributed by atoms with Crippen molar-refractivity contribution in [3.05, 3.63) is 11.1 Å². The van der Waals surface area contributed by atoms with Crippen LogP contribution in [0.15, 0.2) is 5.38 Å². The maximum atomic E-state index is 11.8. The summed E-state index contributed by atoms with van der Waals surface area (Å²) in [6.45, 7) is 7.33. The van der Waals surface area contributed by atoms with Crippen molar-refractivity contribution in [1.29, 1.82) is 0 Å². The second-order valence-electron chi connectivity index (χ2n) is 5.06. The average Bonchev–Trinajstić information content (AvgIpc) is 2.89. The number of hydrogen-bond acceptors (Lipinski definition) is 4. The van der Waals surface area contributed by atoms with Crippen molar-refractivity contribution < 1.29 is 4.79 Å². The van der Waals surface area contributed by atoms with Gasteiger partial charge in [0.15, 0.2) is 5.13 Å². The van der Waals surface area contributed by atoms with Crippen molar-refractivity contribution in [1.82, 2.24) is 10.3 Å². The molecule has 1 fully saturated rings. The summed E-state index contributed by atoms with van der Waals surface area (Å²) in [7, 11) is 0. The van der Waals surface area contributed by atoms with Gasteiger partial charge in [0, 0.05) is 17.3 Å². The zero-order valence-corrected chi connectivity index (χ0v) is 12.0. The standard InChI is InChI=1S/C13H21N3OS/c1-4-5-14-9(3)11-7-18-13(15-11)16-12(17)10-6-8(10)2/h7-10,14H,4-6H2,1-3H3,(H,15,16,17). The number of aromatic nitrogens is 1. The first-order valence-electron chi connectivity index (χ1n) is 6.61. The van der Waals surface area contributed by atoms with E-state index in [4.69, 9.17) is 0 Å². The van der Waals surface area contributed by atoms with E-state index in [2.05, 4.69) is 36.4 Å². The maximum absolute atomic E-state index is 11.8. The summed E-state index contributed by atoms with van der Waals surface area (Å²) in [6.07, 6.45) is 2.12. The van der Waals surface area contributed by atoms with Gasteiger partial charge in [-0.15, -0.1) is 11.3 Å². The molecule has 1 aliphatic carbocycles. The first kappa shape index (κ1) is 13.5. The van der Waals surface area contributed by atoms with Gasteiger partial charge >= 0.3 is 0 Å². The van der Waals surface area contributed by atoms with Crippen LogP contribution in [0.3, 0.4) is 0 Å². The number of nitrogens with zero attached hydrogens (tertiary/aromatic N) is 1. The van der Waals surface area contributed by atoms with Crippen LogP contribution in [0.2, 0.25) is 0 Å². The van der Waals surface area contributed by atoms with Crippen LogP contribution in [0, 0.1) is 11.8 Å². The Labute approximate surface area is 112 Å². The van der Waals surface area contributed by atoms with Crippen LogP contribution in [0.25, 0.3) is 0 Å². The maximum Gasteiger partial charge on any atom is 0.229 e. The molecular formula is C13H21N3OS. The molecule has 0 aliphatic heterocycles. The van der Waals surface area contributed by atoms with Crippen LogP contribution < -0.4 is 10.6 Å². The van der Waals surface area contributed by atoms with Gasteiger partial charge in [0.25, 0.3) is 0 Å². The summed E-state index contributed by atoms with van der Waals surface area (Å²) >= 11 is 1.50. The third-order valence-corrected chi connectivity index (χ3v) is 4.12. The molecule has 3 unspecified atom stereocenters. The van der Waals surface area contributed by atoms with Crippen LogP contribution in [0.1, 0.15) is 45.3 Å². The summed E-state index contributed by atoms with van der Waals surface area (Å²) in [5.74, 6) is 0.861. The van der Waals surface area contributed by atoms with E-state index < -0.39 is 0 Å². The molecule has 0 radical (unpaired) electrons.